The average Bonchev–Trinajstić information content (AvgIpc) is 2.75. The molecule has 0 atom stereocenters. The molecule has 1 N–H and O–H groups in total. The maximum atomic E-state index is 14.5. The van der Waals surface area contributed by atoms with Gasteiger partial charge in [0.25, 0.3) is 0 Å². The molecule has 1 saturated heterocycles. The predicted molar refractivity (Wildman–Crippen MR) is 117 cm³/mol. The molecule has 1 aliphatic rings. The smallest absolute Gasteiger partial charge is 0.412 e. The Labute approximate surface area is 184 Å². The molecular weight excluding hydrogens is 417 g/mol. The second-order valence-electron chi connectivity index (χ2n) is 8.18. The lowest BCUT2D eigenvalue weighted by atomic mass is 10.2. The largest absolute Gasteiger partial charge is 0.455 e. The number of rotatable bonds is 4. The SMILES string of the molecule is CC(C)(C)OC(=O)Nc1ccc(Oc2ccnc3nc(N4CCOCC4)cnc23)cc1F. The summed E-state index contributed by atoms with van der Waals surface area (Å²) in [6.45, 7) is 7.93. The Morgan fingerprint density at radius 3 is 2.69 bits per heavy atom. The van der Waals surface area contributed by atoms with E-state index in [9.17, 15) is 9.18 Å². The van der Waals surface area contributed by atoms with Crippen LogP contribution in [-0.2, 0) is 9.47 Å². The first-order valence-electron chi connectivity index (χ1n) is 10.2. The topological polar surface area (TPSA) is 98.7 Å². The number of carbonyl (C=O) groups is 1. The normalized spacial score (nSPS) is 14.3. The van der Waals surface area contributed by atoms with Crippen LogP contribution in [0.15, 0.2) is 36.7 Å². The fraction of sp³-hybridized carbons (Fsp3) is 0.364. The molecule has 10 heteroatoms. The minimum Gasteiger partial charge on any atom is -0.455 e. The predicted octanol–water partition coefficient (Wildman–Crippen LogP) is 4.14. The number of morpholine rings is 1. The molecule has 168 valence electrons. The second kappa shape index (κ2) is 8.91. The number of amides is 1. The van der Waals surface area contributed by atoms with Crippen LogP contribution >= 0.6 is 0 Å². The zero-order chi connectivity index (χ0) is 22.7. The number of hydrogen-bond donors (Lipinski definition) is 1. The highest BCUT2D eigenvalue weighted by atomic mass is 19.1. The first-order valence-corrected chi connectivity index (χ1v) is 10.2. The van der Waals surface area contributed by atoms with Gasteiger partial charge in [0.1, 0.15) is 17.2 Å². The van der Waals surface area contributed by atoms with Crippen LogP contribution in [0.2, 0.25) is 0 Å². The van der Waals surface area contributed by atoms with Crippen molar-refractivity contribution in [3.05, 3.63) is 42.5 Å². The maximum Gasteiger partial charge on any atom is 0.412 e. The second-order valence-corrected chi connectivity index (χ2v) is 8.18. The van der Waals surface area contributed by atoms with E-state index in [1.165, 1.54) is 18.2 Å². The molecule has 9 nitrogen and oxygen atoms in total. The number of hydrogen-bond acceptors (Lipinski definition) is 8. The van der Waals surface area contributed by atoms with Crippen LogP contribution in [0.25, 0.3) is 11.2 Å². The lowest BCUT2D eigenvalue weighted by molar-refractivity contribution is 0.0635. The molecule has 3 aromatic rings. The lowest BCUT2D eigenvalue weighted by Crippen LogP contribution is -2.36. The summed E-state index contributed by atoms with van der Waals surface area (Å²) in [7, 11) is 0. The van der Waals surface area contributed by atoms with Crippen molar-refractivity contribution in [3.63, 3.8) is 0 Å². The van der Waals surface area contributed by atoms with Crippen molar-refractivity contribution in [2.75, 3.05) is 36.5 Å². The summed E-state index contributed by atoms with van der Waals surface area (Å²) in [4.78, 5) is 27.3. The number of anilines is 2. The minimum atomic E-state index is -0.739. The van der Waals surface area contributed by atoms with Gasteiger partial charge in [-0.15, -0.1) is 0 Å². The van der Waals surface area contributed by atoms with Crippen molar-refractivity contribution in [1.82, 2.24) is 15.0 Å². The third-order valence-electron chi connectivity index (χ3n) is 4.54. The zero-order valence-corrected chi connectivity index (χ0v) is 18.1. The molecule has 1 aromatic carbocycles. The van der Waals surface area contributed by atoms with E-state index in [4.69, 9.17) is 14.2 Å². The molecule has 1 fully saturated rings. The molecule has 0 saturated carbocycles. The molecule has 3 heterocycles. The van der Waals surface area contributed by atoms with E-state index >= 15 is 0 Å². The molecule has 0 bridgehead atoms. The monoisotopic (exact) mass is 441 g/mol. The molecule has 1 amide bonds. The molecule has 1 aliphatic heterocycles. The standard InChI is InChI=1S/C22H24FN5O4/c1-22(2,3)32-21(29)26-16-5-4-14(12-15(16)23)31-17-6-7-24-20-19(17)25-13-18(27-20)28-8-10-30-11-9-28/h4-7,12-13H,8-11H2,1-3H3,(H,26,29). The van der Waals surface area contributed by atoms with E-state index in [-0.39, 0.29) is 11.4 Å². The number of ether oxygens (including phenoxy) is 3. The fourth-order valence-electron chi connectivity index (χ4n) is 3.12. The average molecular weight is 441 g/mol. The number of carbonyl (C=O) groups excluding carboxylic acids is 1. The van der Waals surface area contributed by atoms with E-state index in [0.29, 0.717) is 35.9 Å². The summed E-state index contributed by atoms with van der Waals surface area (Å²) in [5.74, 6) is 0.688. The lowest BCUT2D eigenvalue weighted by Gasteiger charge is -2.27. The Morgan fingerprint density at radius 1 is 1.19 bits per heavy atom. The Balaban J connectivity index is 1.51. The van der Waals surface area contributed by atoms with E-state index in [0.717, 1.165) is 13.1 Å². The molecule has 0 spiro atoms. The van der Waals surface area contributed by atoms with Gasteiger partial charge in [-0.1, -0.05) is 0 Å². The Hall–Kier alpha value is -3.53. The summed E-state index contributed by atoms with van der Waals surface area (Å²) < 4.78 is 30.9. The third-order valence-corrected chi connectivity index (χ3v) is 4.54. The first kappa shape index (κ1) is 21.7. The minimum absolute atomic E-state index is 0.0128. The van der Waals surface area contributed by atoms with E-state index in [1.807, 2.05) is 0 Å². The number of fused-ring (bicyclic) bond motifs is 1. The van der Waals surface area contributed by atoms with Gasteiger partial charge in [0.05, 0.1) is 25.1 Å². The summed E-state index contributed by atoms with van der Waals surface area (Å²) in [6.07, 6.45) is 2.48. The fourth-order valence-corrected chi connectivity index (χ4v) is 3.12. The molecule has 0 unspecified atom stereocenters. The highest BCUT2D eigenvalue weighted by Crippen LogP contribution is 2.30. The molecular formula is C22H24FN5O4. The Morgan fingerprint density at radius 2 is 1.97 bits per heavy atom. The van der Waals surface area contributed by atoms with Crippen molar-refractivity contribution < 1.29 is 23.4 Å². The number of aromatic nitrogens is 3. The van der Waals surface area contributed by atoms with Gasteiger partial charge in [-0.3, -0.25) is 5.32 Å². The molecule has 0 aliphatic carbocycles. The van der Waals surface area contributed by atoms with Crippen molar-refractivity contribution in [1.29, 1.82) is 0 Å². The number of benzene rings is 1. The highest BCUT2D eigenvalue weighted by molar-refractivity contribution is 5.85. The van der Waals surface area contributed by atoms with Crippen molar-refractivity contribution in [2.45, 2.75) is 26.4 Å². The van der Waals surface area contributed by atoms with Gasteiger partial charge in [0, 0.05) is 31.4 Å². The summed E-state index contributed by atoms with van der Waals surface area (Å²) in [5.41, 5.74) is 0.187. The number of pyridine rings is 1. The van der Waals surface area contributed by atoms with Crippen LogP contribution in [0.5, 0.6) is 11.5 Å². The van der Waals surface area contributed by atoms with Crippen LogP contribution in [0.3, 0.4) is 0 Å². The van der Waals surface area contributed by atoms with E-state index in [1.54, 1.807) is 39.2 Å². The van der Waals surface area contributed by atoms with Crippen LogP contribution in [0.1, 0.15) is 20.8 Å². The van der Waals surface area contributed by atoms with Crippen LogP contribution < -0.4 is 15.0 Å². The summed E-state index contributed by atoms with van der Waals surface area (Å²) in [6, 6.07) is 5.75. The van der Waals surface area contributed by atoms with Crippen LogP contribution in [-0.4, -0.2) is 52.9 Å². The molecule has 0 radical (unpaired) electrons. The number of nitrogens with zero attached hydrogens (tertiary/aromatic N) is 4. The van der Waals surface area contributed by atoms with E-state index in [2.05, 4.69) is 25.2 Å². The highest BCUT2D eigenvalue weighted by Gasteiger charge is 2.18. The van der Waals surface area contributed by atoms with Crippen LogP contribution in [0.4, 0.5) is 20.7 Å². The number of nitrogens with one attached hydrogen (secondary N) is 1. The summed E-state index contributed by atoms with van der Waals surface area (Å²) in [5, 5.41) is 2.39. The third kappa shape index (κ3) is 5.20. The zero-order valence-electron chi connectivity index (χ0n) is 18.1. The van der Waals surface area contributed by atoms with Crippen molar-refractivity contribution in [3.8, 4) is 11.5 Å². The molecule has 4 rings (SSSR count). The first-order chi connectivity index (χ1) is 15.3. The number of halogens is 1. The van der Waals surface area contributed by atoms with Crippen molar-refractivity contribution >= 4 is 28.8 Å². The molecule has 32 heavy (non-hydrogen) atoms. The van der Waals surface area contributed by atoms with Crippen molar-refractivity contribution in [2.24, 2.45) is 0 Å². The van der Waals surface area contributed by atoms with Gasteiger partial charge in [-0.2, -0.15) is 0 Å². The van der Waals surface area contributed by atoms with Gasteiger partial charge in [-0.05, 0) is 32.9 Å². The Bertz CT molecular complexity index is 1130. The van der Waals surface area contributed by atoms with Gasteiger partial charge in [-0.25, -0.2) is 24.1 Å². The quantitative estimate of drug-likeness (QED) is 0.645. The Kier molecular flexibility index (Phi) is 6.04. The molecule has 2 aromatic heterocycles. The van der Waals surface area contributed by atoms with Crippen LogP contribution in [0, 0.1) is 5.82 Å². The van der Waals surface area contributed by atoms with Gasteiger partial charge in [0.15, 0.2) is 22.7 Å². The van der Waals surface area contributed by atoms with Gasteiger partial charge >= 0.3 is 6.09 Å². The van der Waals surface area contributed by atoms with Gasteiger partial charge < -0.3 is 19.1 Å². The van der Waals surface area contributed by atoms with Gasteiger partial charge in [0.2, 0.25) is 0 Å². The maximum absolute atomic E-state index is 14.5. The summed E-state index contributed by atoms with van der Waals surface area (Å²) >= 11 is 0. The van der Waals surface area contributed by atoms with E-state index < -0.39 is 17.5 Å².